The van der Waals surface area contributed by atoms with Crippen LogP contribution in [0.2, 0.25) is 0 Å². The molecule has 1 aromatic heterocycles. The number of fused-ring (bicyclic) bond motifs is 1. The summed E-state index contributed by atoms with van der Waals surface area (Å²) in [6, 6.07) is 10.8. The van der Waals surface area contributed by atoms with E-state index in [0.717, 1.165) is 61.1 Å². The van der Waals surface area contributed by atoms with E-state index in [9.17, 15) is 9.59 Å². The largest absolute Gasteiger partial charge is 0.404 e. The summed E-state index contributed by atoms with van der Waals surface area (Å²) in [5.74, 6) is -0.399. The van der Waals surface area contributed by atoms with Crippen LogP contribution in [-0.2, 0) is 17.8 Å². The average molecular weight is 639 g/mol. The molecule has 2 aliphatic heterocycles. The van der Waals surface area contributed by atoms with E-state index in [4.69, 9.17) is 5.73 Å². The number of aromatic nitrogens is 1. The first-order valence-electron chi connectivity index (χ1n) is 16.7. The van der Waals surface area contributed by atoms with Gasteiger partial charge in [0.05, 0.1) is 30.5 Å². The lowest BCUT2D eigenvalue weighted by molar-refractivity contribution is -0.942. The zero-order chi connectivity index (χ0) is 34.0. The van der Waals surface area contributed by atoms with Gasteiger partial charge in [-0.1, -0.05) is 43.3 Å². The minimum atomic E-state index is -0.200. The zero-order valence-electron chi connectivity index (χ0n) is 28.9. The summed E-state index contributed by atoms with van der Waals surface area (Å²) in [5.41, 5.74) is 12.9. The van der Waals surface area contributed by atoms with Gasteiger partial charge in [0.2, 0.25) is 0 Å². The Hall–Kier alpha value is -4.34. The Morgan fingerprint density at radius 1 is 1.23 bits per heavy atom. The third-order valence-corrected chi connectivity index (χ3v) is 9.75. The van der Waals surface area contributed by atoms with Crippen molar-refractivity contribution >= 4 is 23.7 Å². The first-order chi connectivity index (χ1) is 22.6. The molecule has 3 atom stereocenters. The van der Waals surface area contributed by atoms with Crippen molar-refractivity contribution in [3.63, 3.8) is 0 Å². The molecule has 0 fully saturated rings. The van der Waals surface area contributed by atoms with Gasteiger partial charge in [-0.3, -0.25) is 24.5 Å². The molecule has 250 valence electrons. The first kappa shape index (κ1) is 35.5. The van der Waals surface area contributed by atoms with Gasteiger partial charge in [-0.15, -0.1) is 0 Å². The molecule has 9 nitrogen and oxygen atoms in total. The minimum absolute atomic E-state index is 0.199. The van der Waals surface area contributed by atoms with Gasteiger partial charge < -0.3 is 20.9 Å². The van der Waals surface area contributed by atoms with Gasteiger partial charge in [-0.2, -0.15) is 0 Å². The normalized spacial score (nSPS) is 22.0. The Bertz CT molecular complexity index is 1590. The summed E-state index contributed by atoms with van der Waals surface area (Å²) in [5, 5.41) is 6.00. The van der Waals surface area contributed by atoms with Crippen LogP contribution in [0.5, 0.6) is 0 Å². The molecule has 0 saturated carbocycles. The molecule has 2 aromatic rings. The van der Waals surface area contributed by atoms with Crippen LogP contribution in [0.15, 0.2) is 88.7 Å². The monoisotopic (exact) mass is 638 g/mol. The van der Waals surface area contributed by atoms with E-state index in [1.54, 1.807) is 31.7 Å². The molecule has 3 heterocycles. The van der Waals surface area contributed by atoms with Crippen molar-refractivity contribution in [3.8, 4) is 0 Å². The number of hydrogen-bond donors (Lipinski definition) is 3. The number of amides is 2. The van der Waals surface area contributed by atoms with Crippen LogP contribution in [0, 0.1) is 6.92 Å². The molecule has 2 amide bonds. The minimum Gasteiger partial charge on any atom is -0.404 e. The highest BCUT2D eigenvalue weighted by molar-refractivity contribution is 6.04. The lowest BCUT2D eigenvalue weighted by Gasteiger charge is -2.43. The Labute approximate surface area is 280 Å². The zero-order valence-corrected chi connectivity index (χ0v) is 28.9. The van der Waals surface area contributed by atoms with Gasteiger partial charge in [-0.25, -0.2) is 0 Å². The van der Waals surface area contributed by atoms with Crippen LogP contribution in [0.3, 0.4) is 0 Å². The van der Waals surface area contributed by atoms with Crippen molar-refractivity contribution in [3.05, 3.63) is 106 Å². The SMILES string of the molecule is CCC1C=CC(/C(C=NC)=C/N)=CC(C)[N+]1(C)CCC=C(C)C(=O)Nc1cc(C(=O)NCCN2CCc3ccccc3C2)cnc1C. The van der Waals surface area contributed by atoms with Crippen molar-refractivity contribution in [1.82, 2.24) is 15.2 Å². The molecule has 0 radical (unpaired) electrons. The van der Waals surface area contributed by atoms with Crippen molar-refractivity contribution in [1.29, 1.82) is 0 Å². The molecule has 1 aromatic carbocycles. The maximum Gasteiger partial charge on any atom is 0.252 e. The number of nitrogens with zero attached hydrogens (tertiary/aromatic N) is 4. The van der Waals surface area contributed by atoms with Crippen LogP contribution >= 0.6 is 0 Å². The number of benzene rings is 1. The van der Waals surface area contributed by atoms with Gasteiger partial charge in [0.1, 0.15) is 12.1 Å². The Kier molecular flexibility index (Phi) is 12.4. The number of aryl methyl sites for hydroxylation is 1. The third-order valence-electron chi connectivity index (χ3n) is 9.75. The van der Waals surface area contributed by atoms with E-state index in [1.807, 2.05) is 19.9 Å². The van der Waals surface area contributed by atoms with Gasteiger partial charge in [-0.05, 0) is 62.1 Å². The summed E-state index contributed by atoms with van der Waals surface area (Å²) in [6.07, 6.45) is 16.4. The Morgan fingerprint density at radius 2 is 2.00 bits per heavy atom. The first-order valence-corrected chi connectivity index (χ1v) is 16.7. The molecule has 9 heteroatoms. The van der Waals surface area contributed by atoms with Gasteiger partial charge in [0, 0.05) is 75.8 Å². The van der Waals surface area contributed by atoms with Gasteiger partial charge in [0.15, 0.2) is 0 Å². The Balaban J connectivity index is 1.33. The van der Waals surface area contributed by atoms with Crippen molar-refractivity contribution in [2.24, 2.45) is 10.7 Å². The molecule has 0 bridgehead atoms. The summed E-state index contributed by atoms with van der Waals surface area (Å²) in [6.45, 7) is 12.2. The van der Waals surface area contributed by atoms with Crippen LogP contribution in [0.1, 0.15) is 60.8 Å². The maximum atomic E-state index is 13.2. The van der Waals surface area contributed by atoms with Crippen LogP contribution in [-0.4, -0.2) is 84.8 Å². The van der Waals surface area contributed by atoms with Crippen LogP contribution < -0.4 is 16.4 Å². The topological polar surface area (TPSA) is 113 Å². The van der Waals surface area contributed by atoms with Gasteiger partial charge >= 0.3 is 0 Å². The fraction of sp³-hybridized carbons (Fsp3) is 0.421. The average Bonchev–Trinajstić information content (AvgIpc) is 3.19. The summed E-state index contributed by atoms with van der Waals surface area (Å²) in [4.78, 5) is 37.1. The molecule has 0 spiro atoms. The number of hydrogen-bond acceptors (Lipinski definition) is 6. The second kappa shape index (κ2) is 16.5. The highest BCUT2D eigenvalue weighted by Gasteiger charge is 2.35. The fourth-order valence-corrected chi connectivity index (χ4v) is 6.50. The molecule has 4 N–H and O–H groups in total. The van der Waals surface area contributed by atoms with Crippen LogP contribution in [0.4, 0.5) is 5.69 Å². The summed E-state index contributed by atoms with van der Waals surface area (Å²) < 4.78 is 0.814. The van der Waals surface area contributed by atoms with Crippen molar-refractivity contribution in [2.75, 3.05) is 45.6 Å². The second-order valence-corrected chi connectivity index (χ2v) is 12.8. The predicted molar refractivity (Wildman–Crippen MR) is 192 cm³/mol. The number of aliphatic imine (C=N–C) groups is 1. The summed E-state index contributed by atoms with van der Waals surface area (Å²) in [7, 11) is 4.03. The third kappa shape index (κ3) is 8.93. The number of nitrogens with two attached hydrogens (primary N) is 1. The molecular formula is C38H52N7O2+. The Morgan fingerprint density at radius 3 is 2.72 bits per heavy atom. The smallest absolute Gasteiger partial charge is 0.252 e. The molecular weight excluding hydrogens is 586 g/mol. The van der Waals surface area contributed by atoms with Gasteiger partial charge in [0.25, 0.3) is 11.8 Å². The number of rotatable bonds is 12. The van der Waals surface area contributed by atoms with Crippen molar-refractivity contribution < 1.29 is 14.1 Å². The van der Waals surface area contributed by atoms with E-state index in [-0.39, 0.29) is 17.9 Å². The molecule has 0 aliphatic carbocycles. The lowest BCUT2D eigenvalue weighted by Crippen LogP contribution is -2.56. The van der Waals surface area contributed by atoms with E-state index in [0.29, 0.717) is 35.1 Å². The second-order valence-electron chi connectivity index (χ2n) is 12.8. The molecule has 47 heavy (non-hydrogen) atoms. The predicted octanol–water partition coefficient (Wildman–Crippen LogP) is 5.11. The number of nitrogens with one attached hydrogen (secondary N) is 2. The molecule has 2 aliphatic rings. The fourth-order valence-electron chi connectivity index (χ4n) is 6.50. The van der Waals surface area contributed by atoms with E-state index >= 15 is 0 Å². The van der Waals surface area contributed by atoms with E-state index < -0.39 is 0 Å². The molecule has 0 saturated heterocycles. The maximum absolute atomic E-state index is 13.2. The van der Waals surface area contributed by atoms with Crippen LogP contribution in [0.25, 0.3) is 0 Å². The number of allylic oxidation sites excluding steroid dienone is 3. The quantitative estimate of drug-likeness (QED) is 0.170. The van der Waals surface area contributed by atoms with E-state index in [2.05, 4.69) is 88.9 Å². The number of pyridine rings is 1. The number of likely N-dealkylation sites (N-methyl/N-ethyl adjacent to an activating group) is 1. The van der Waals surface area contributed by atoms with Crippen molar-refractivity contribution in [2.45, 2.75) is 65.6 Å². The number of anilines is 1. The highest BCUT2D eigenvalue weighted by Crippen LogP contribution is 2.28. The summed E-state index contributed by atoms with van der Waals surface area (Å²) >= 11 is 0. The molecule has 3 unspecified atom stereocenters. The lowest BCUT2D eigenvalue weighted by atomic mass is 10.00. The number of quaternary nitrogens is 1. The standard InChI is InChI=1S/C38H51N7O2/c1-7-35-15-14-31(34(23-39)24-40-5)21-28(3)45(35,6)20-10-11-27(2)37(46)43-36-22-33(25-42-29(36)4)38(47)41-17-19-44-18-16-30-12-8-9-13-32(30)26-44/h8-9,11-15,21-25,28,35H,7,10,16-20,26H2,1-6H3,(H3-,39,40,41,43,46,47)/p+1. The molecule has 4 rings (SSSR count). The highest BCUT2D eigenvalue weighted by atomic mass is 16.2. The number of carbonyl (C=O) groups is 2. The number of carbonyl (C=O) groups excluding carboxylic acids is 2. The van der Waals surface area contributed by atoms with E-state index in [1.165, 1.54) is 11.1 Å².